The van der Waals surface area contributed by atoms with Gasteiger partial charge in [0.1, 0.15) is 5.60 Å². The topological polar surface area (TPSA) is 154 Å². The van der Waals surface area contributed by atoms with Gasteiger partial charge in [-0.25, -0.2) is 19.2 Å². The third kappa shape index (κ3) is 7.64. The number of aliphatic hydroxyl groups is 1. The molecule has 10 heteroatoms. The molecule has 41 heavy (non-hydrogen) atoms. The van der Waals surface area contributed by atoms with Gasteiger partial charge < -0.3 is 24.4 Å². The van der Waals surface area contributed by atoms with Gasteiger partial charge in [-0.2, -0.15) is 0 Å². The Morgan fingerprint density at radius 3 is 1.83 bits per heavy atom. The zero-order valence-electron chi connectivity index (χ0n) is 23.1. The summed E-state index contributed by atoms with van der Waals surface area (Å²) in [5, 5.41) is 19.6. The average Bonchev–Trinajstić information content (AvgIpc) is 2.95. The number of carbonyl (C=O) groups is 5. The zero-order valence-corrected chi connectivity index (χ0v) is 23.1. The van der Waals surface area contributed by atoms with Gasteiger partial charge in [0, 0.05) is 12.0 Å². The summed E-state index contributed by atoms with van der Waals surface area (Å²) in [6, 6.07) is 15.3. The standard InChI is InChI=1S/C31H30O10/c1-31(2,38)26(32)21-7-5-6-18(15-21)12-13-41-30(37)24-16-19(8-10-22(24)27(33)34)14-20-9-11-23(28(35)39-3)25(17-20)29(36)40-4/h5-11,15-17,38H,12-14H2,1-4H3,(H,33,34). The molecule has 0 heterocycles. The van der Waals surface area contributed by atoms with Gasteiger partial charge in [0.15, 0.2) is 5.78 Å². The molecule has 0 unspecified atom stereocenters. The van der Waals surface area contributed by atoms with Gasteiger partial charge in [-0.3, -0.25) is 4.79 Å². The number of methoxy groups -OCH3 is 2. The summed E-state index contributed by atoms with van der Waals surface area (Å²) in [5.41, 5.74) is 0.272. The van der Waals surface area contributed by atoms with Gasteiger partial charge in [0.05, 0.1) is 43.1 Å². The second-order valence-electron chi connectivity index (χ2n) is 9.70. The molecule has 0 aliphatic rings. The first kappa shape index (κ1) is 30.7. The lowest BCUT2D eigenvalue weighted by atomic mass is 9.95. The van der Waals surface area contributed by atoms with E-state index in [9.17, 15) is 34.2 Å². The van der Waals surface area contributed by atoms with Crippen LogP contribution in [-0.4, -0.2) is 66.3 Å². The van der Waals surface area contributed by atoms with Crippen LogP contribution in [0.3, 0.4) is 0 Å². The lowest BCUT2D eigenvalue weighted by molar-refractivity contribution is 0.0485. The highest BCUT2D eigenvalue weighted by Crippen LogP contribution is 2.21. The lowest BCUT2D eigenvalue weighted by Crippen LogP contribution is -2.31. The molecule has 0 fully saturated rings. The summed E-state index contributed by atoms with van der Waals surface area (Å²) < 4.78 is 14.9. The minimum Gasteiger partial charge on any atom is -0.478 e. The van der Waals surface area contributed by atoms with Crippen molar-refractivity contribution in [3.05, 3.63) is 105 Å². The third-order valence-electron chi connectivity index (χ3n) is 6.21. The fourth-order valence-corrected chi connectivity index (χ4v) is 4.12. The van der Waals surface area contributed by atoms with Crippen LogP contribution in [0.15, 0.2) is 60.7 Å². The number of esters is 3. The molecule has 0 aliphatic heterocycles. The Bertz CT molecular complexity index is 1500. The molecule has 0 spiro atoms. The number of aromatic carboxylic acids is 1. The molecule has 3 aromatic rings. The van der Waals surface area contributed by atoms with Crippen molar-refractivity contribution in [2.24, 2.45) is 0 Å². The molecule has 0 atom stereocenters. The van der Waals surface area contributed by atoms with Gasteiger partial charge in [-0.15, -0.1) is 0 Å². The van der Waals surface area contributed by atoms with Crippen LogP contribution < -0.4 is 0 Å². The van der Waals surface area contributed by atoms with Gasteiger partial charge in [-0.1, -0.05) is 30.3 Å². The van der Waals surface area contributed by atoms with E-state index in [2.05, 4.69) is 0 Å². The summed E-state index contributed by atoms with van der Waals surface area (Å²) in [5.74, 6) is -4.03. The SMILES string of the molecule is COC(=O)c1ccc(Cc2ccc(C(=O)O)c(C(=O)OCCc3cccc(C(=O)C(C)(C)O)c3)c2)cc1C(=O)OC. The highest BCUT2D eigenvalue weighted by atomic mass is 16.5. The Morgan fingerprint density at radius 2 is 1.27 bits per heavy atom. The fourth-order valence-electron chi connectivity index (χ4n) is 4.12. The van der Waals surface area contributed by atoms with E-state index in [1.807, 2.05) is 0 Å². The molecule has 3 rings (SSSR count). The second-order valence-corrected chi connectivity index (χ2v) is 9.70. The van der Waals surface area contributed by atoms with E-state index in [-0.39, 0.29) is 41.7 Å². The molecule has 0 aromatic heterocycles. The van der Waals surface area contributed by atoms with E-state index in [1.165, 1.54) is 58.4 Å². The van der Waals surface area contributed by atoms with Crippen LogP contribution >= 0.6 is 0 Å². The molecule has 0 radical (unpaired) electrons. The van der Waals surface area contributed by atoms with Crippen molar-refractivity contribution in [1.29, 1.82) is 0 Å². The first-order valence-corrected chi connectivity index (χ1v) is 12.5. The largest absolute Gasteiger partial charge is 0.478 e. The predicted molar refractivity (Wildman–Crippen MR) is 146 cm³/mol. The Kier molecular flexibility index (Phi) is 9.75. The molecule has 0 saturated carbocycles. The van der Waals surface area contributed by atoms with Gasteiger partial charge in [0.2, 0.25) is 0 Å². The van der Waals surface area contributed by atoms with Crippen LogP contribution in [0, 0.1) is 0 Å². The summed E-state index contributed by atoms with van der Waals surface area (Å²) in [7, 11) is 2.38. The normalized spacial score (nSPS) is 11.0. The molecule has 0 bridgehead atoms. The van der Waals surface area contributed by atoms with Gasteiger partial charge in [-0.05, 0) is 67.3 Å². The molecule has 3 aromatic carbocycles. The smallest absolute Gasteiger partial charge is 0.339 e. The number of hydrogen-bond donors (Lipinski definition) is 2. The zero-order chi connectivity index (χ0) is 30.3. The van der Waals surface area contributed by atoms with Crippen LogP contribution in [0.25, 0.3) is 0 Å². The first-order valence-electron chi connectivity index (χ1n) is 12.5. The van der Waals surface area contributed by atoms with Crippen LogP contribution in [0.2, 0.25) is 0 Å². The summed E-state index contributed by atoms with van der Waals surface area (Å²) in [4.78, 5) is 61.3. The number of Topliss-reactive ketones (excluding diaryl/α,β-unsaturated/α-hetero) is 1. The molecule has 0 aliphatic carbocycles. The second kappa shape index (κ2) is 13.0. The van der Waals surface area contributed by atoms with E-state index in [1.54, 1.807) is 30.3 Å². The van der Waals surface area contributed by atoms with E-state index in [4.69, 9.17) is 14.2 Å². The van der Waals surface area contributed by atoms with Crippen LogP contribution in [0.4, 0.5) is 0 Å². The monoisotopic (exact) mass is 562 g/mol. The summed E-state index contributed by atoms with van der Waals surface area (Å²) >= 11 is 0. The summed E-state index contributed by atoms with van der Waals surface area (Å²) in [6.45, 7) is 2.71. The molecule has 2 N–H and O–H groups in total. The van der Waals surface area contributed by atoms with Crippen molar-refractivity contribution in [2.75, 3.05) is 20.8 Å². The van der Waals surface area contributed by atoms with E-state index >= 15 is 0 Å². The van der Waals surface area contributed by atoms with Crippen molar-refractivity contribution < 1.29 is 48.4 Å². The highest BCUT2D eigenvalue weighted by molar-refractivity contribution is 6.04. The molecule has 214 valence electrons. The maximum Gasteiger partial charge on any atom is 0.339 e. The average molecular weight is 563 g/mol. The van der Waals surface area contributed by atoms with Crippen molar-refractivity contribution in [3.8, 4) is 0 Å². The van der Waals surface area contributed by atoms with Crippen molar-refractivity contribution in [3.63, 3.8) is 0 Å². The summed E-state index contributed by atoms with van der Waals surface area (Å²) in [6.07, 6.45) is 0.456. The lowest BCUT2D eigenvalue weighted by Gasteiger charge is -2.16. The molecule has 0 saturated heterocycles. The number of ether oxygens (including phenoxy) is 3. The fraction of sp³-hybridized carbons (Fsp3) is 0.258. The van der Waals surface area contributed by atoms with E-state index in [0.717, 1.165) is 0 Å². The van der Waals surface area contributed by atoms with Crippen molar-refractivity contribution >= 4 is 29.7 Å². The number of hydrogen-bond acceptors (Lipinski definition) is 9. The van der Waals surface area contributed by atoms with E-state index in [0.29, 0.717) is 22.3 Å². The number of carboxylic acids is 1. The number of rotatable bonds is 11. The number of benzene rings is 3. The van der Waals surface area contributed by atoms with Crippen molar-refractivity contribution in [1.82, 2.24) is 0 Å². The molecule has 10 nitrogen and oxygen atoms in total. The first-order chi connectivity index (χ1) is 19.3. The molecule has 0 amide bonds. The third-order valence-corrected chi connectivity index (χ3v) is 6.21. The van der Waals surface area contributed by atoms with Crippen LogP contribution in [-0.2, 0) is 27.1 Å². The Morgan fingerprint density at radius 1 is 0.707 bits per heavy atom. The van der Waals surface area contributed by atoms with Gasteiger partial charge in [0.25, 0.3) is 0 Å². The maximum absolute atomic E-state index is 12.9. The predicted octanol–water partition coefficient (Wildman–Crippen LogP) is 3.90. The minimum atomic E-state index is -1.53. The Hall–Kier alpha value is -4.83. The minimum absolute atomic E-state index is 0.00645. The van der Waals surface area contributed by atoms with Crippen molar-refractivity contribution in [2.45, 2.75) is 32.3 Å². The van der Waals surface area contributed by atoms with Crippen LogP contribution in [0.1, 0.15) is 82.3 Å². The molecular weight excluding hydrogens is 532 g/mol. The van der Waals surface area contributed by atoms with Gasteiger partial charge >= 0.3 is 23.9 Å². The number of carbonyl (C=O) groups excluding carboxylic acids is 4. The molecular formula is C31H30O10. The maximum atomic E-state index is 12.9. The quantitative estimate of drug-likeness (QED) is 0.200. The number of carboxylic acid groups (broad SMARTS) is 1. The number of ketones is 1. The van der Waals surface area contributed by atoms with E-state index < -0.39 is 35.3 Å². The Labute approximate surface area is 236 Å². The van der Waals surface area contributed by atoms with Crippen LogP contribution in [0.5, 0.6) is 0 Å². The Balaban J connectivity index is 1.79. The highest BCUT2D eigenvalue weighted by Gasteiger charge is 2.25.